The van der Waals surface area contributed by atoms with Crippen LogP contribution < -0.4 is 4.74 Å². The molecule has 0 spiro atoms. The number of ether oxygens (including phenoxy) is 1. The maximum Gasteiger partial charge on any atom is 0.229 e. The number of hydrogen-bond donors (Lipinski definition) is 0. The van der Waals surface area contributed by atoms with Gasteiger partial charge in [-0.1, -0.05) is 36.4 Å². The normalized spacial score (nSPS) is 13.2. The van der Waals surface area contributed by atoms with E-state index in [1.807, 2.05) is 50.1 Å². The Hall–Kier alpha value is -2.29. The molecular formula is C22H29NO2. The predicted octanol–water partition coefficient (Wildman–Crippen LogP) is 4.51. The summed E-state index contributed by atoms with van der Waals surface area (Å²) in [5.41, 5.74) is 4.52. The van der Waals surface area contributed by atoms with Crippen LogP contribution in [0.15, 0.2) is 42.5 Å². The Kier molecular flexibility index (Phi) is 6.24. The van der Waals surface area contributed by atoms with Crippen LogP contribution in [0.4, 0.5) is 0 Å². The number of nitrogens with zero attached hydrogens (tertiary/aromatic N) is 1. The lowest BCUT2D eigenvalue weighted by Gasteiger charge is -2.28. The zero-order valence-corrected chi connectivity index (χ0v) is 16.2. The fraction of sp³-hybridized carbons (Fsp3) is 0.409. The molecule has 2 aromatic carbocycles. The van der Waals surface area contributed by atoms with E-state index < -0.39 is 0 Å². The summed E-state index contributed by atoms with van der Waals surface area (Å²) in [6.07, 6.45) is 0.853. The van der Waals surface area contributed by atoms with E-state index in [-0.39, 0.29) is 17.9 Å². The van der Waals surface area contributed by atoms with Crippen molar-refractivity contribution in [3.63, 3.8) is 0 Å². The van der Waals surface area contributed by atoms with E-state index in [4.69, 9.17) is 4.74 Å². The smallest absolute Gasteiger partial charge is 0.229 e. The minimum atomic E-state index is -0.198. The minimum Gasteiger partial charge on any atom is -0.496 e. The second-order valence-electron chi connectivity index (χ2n) is 6.87. The third kappa shape index (κ3) is 4.41. The number of aryl methyl sites for hydroxylation is 1. The molecule has 2 unspecified atom stereocenters. The van der Waals surface area contributed by atoms with Gasteiger partial charge in [-0.3, -0.25) is 4.79 Å². The zero-order chi connectivity index (χ0) is 18.6. The van der Waals surface area contributed by atoms with Gasteiger partial charge in [-0.15, -0.1) is 0 Å². The van der Waals surface area contributed by atoms with E-state index in [2.05, 4.69) is 32.0 Å². The van der Waals surface area contributed by atoms with Crippen molar-refractivity contribution in [1.29, 1.82) is 0 Å². The average Bonchev–Trinajstić information content (AvgIpc) is 2.62. The number of rotatable bonds is 6. The van der Waals surface area contributed by atoms with Crippen molar-refractivity contribution in [2.24, 2.45) is 0 Å². The molecule has 0 aliphatic rings. The average molecular weight is 339 g/mol. The van der Waals surface area contributed by atoms with Gasteiger partial charge in [0, 0.05) is 13.1 Å². The van der Waals surface area contributed by atoms with Gasteiger partial charge in [0.2, 0.25) is 5.91 Å². The number of methoxy groups -OCH3 is 1. The number of likely N-dealkylation sites (N-methyl/N-ethyl adjacent to an activating group) is 1. The Morgan fingerprint density at radius 2 is 1.76 bits per heavy atom. The first-order valence-electron chi connectivity index (χ1n) is 8.80. The van der Waals surface area contributed by atoms with Gasteiger partial charge in [-0.2, -0.15) is 0 Å². The molecule has 25 heavy (non-hydrogen) atoms. The summed E-state index contributed by atoms with van der Waals surface area (Å²) < 4.78 is 5.46. The number of amides is 1. The number of hydrogen-bond acceptors (Lipinski definition) is 2. The van der Waals surface area contributed by atoms with Crippen LogP contribution >= 0.6 is 0 Å². The van der Waals surface area contributed by atoms with Crippen molar-refractivity contribution in [3.05, 3.63) is 64.7 Å². The fourth-order valence-corrected chi connectivity index (χ4v) is 3.07. The summed E-state index contributed by atoms with van der Waals surface area (Å²) in [4.78, 5) is 14.8. The molecule has 0 bridgehead atoms. The lowest BCUT2D eigenvalue weighted by Crippen LogP contribution is -2.38. The van der Waals surface area contributed by atoms with Crippen LogP contribution in [0.2, 0.25) is 0 Å². The van der Waals surface area contributed by atoms with E-state index in [0.29, 0.717) is 0 Å². The van der Waals surface area contributed by atoms with Gasteiger partial charge in [0.25, 0.3) is 0 Å². The fourth-order valence-electron chi connectivity index (χ4n) is 3.07. The van der Waals surface area contributed by atoms with Crippen molar-refractivity contribution < 1.29 is 9.53 Å². The molecule has 2 rings (SSSR count). The van der Waals surface area contributed by atoms with Crippen LogP contribution in [0.1, 0.15) is 42.0 Å². The number of carbonyl (C=O) groups excluding carboxylic acids is 1. The molecule has 2 aromatic rings. The topological polar surface area (TPSA) is 29.5 Å². The van der Waals surface area contributed by atoms with Crippen LogP contribution in [0, 0.1) is 13.8 Å². The third-order valence-corrected chi connectivity index (χ3v) is 5.12. The van der Waals surface area contributed by atoms with Gasteiger partial charge in [0.1, 0.15) is 5.75 Å². The molecule has 0 aliphatic carbocycles. The van der Waals surface area contributed by atoms with Gasteiger partial charge in [-0.05, 0) is 62.4 Å². The summed E-state index contributed by atoms with van der Waals surface area (Å²) in [5, 5.41) is 0. The molecule has 3 heteroatoms. The first kappa shape index (κ1) is 19.0. The van der Waals surface area contributed by atoms with Crippen LogP contribution in [0.25, 0.3) is 0 Å². The lowest BCUT2D eigenvalue weighted by atomic mass is 9.94. The van der Waals surface area contributed by atoms with Gasteiger partial charge in [0.05, 0.1) is 13.0 Å². The molecule has 0 aromatic heterocycles. The van der Waals surface area contributed by atoms with Gasteiger partial charge < -0.3 is 9.64 Å². The van der Waals surface area contributed by atoms with E-state index >= 15 is 0 Å². The number of benzene rings is 2. The molecule has 0 saturated heterocycles. The maximum atomic E-state index is 13.0. The van der Waals surface area contributed by atoms with E-state index in [1.54, 1.807) is 7.11 Å². The Balaban J connectivity index is 2.14. The summed E-state index contributed by atoms with van der Waals surface area (Å²) in [6.45, 7) is 8.16. The highest BCUT2D eigenvalue weighted by atomic mass is 16.5. The van der Waals surface area contributed by atoms with Crippen molar-refractivity contribution in [2.45, 2.75) is 46.1 Å². The summed E-state index contributed by atoms with van der Waals surface area (Å²) in [5.74, 6) is 0.778. The lowest BCUT2D eigenvalue weighted by molar-refractivity contribution is -0.132. The van der Waals surface area contributed by atoms with Crippen LogP contribution in [-0.4, -0.2) is 31.0 Å². The number of carbonyl (C=O) groups is 1. The molecule has 0 heterocycles. The molecule has 134 valence electrons. The summed E-state index contributed by atoms with van der Waals surface area (Å²) >= 11 is 0. The monoisotopic (exact) mass is 339 g/mol. The second kappa shape index (κ2) is 8.19. The molecule has 0 radical (unpaired) electrons. The van der Waals surface area contributed by atoms with Crippen LogP contribution in [0.5, 0.6) is 5.75 Å². The highest BCUT2D eigenvalue weighted by Crippen LogP contribution is 2.28. The largest absolute Gasteiger partial charge is 0.496 e. The van der Waals surface area contributed by atoms with Crippen LogP contribution in [-0.2, 0) is 11.2 Å². The first-order valence-corrected chi connectivity index (χ1v) is 8.80. The molecular weight excluding hydrogens is 310 g/mol. The molecule has 0 aliphatic heterocycles. The quantitative estimate of drug-likeness (QED) is 0.775. The zero-order valence-electron chi connectivity index (χ0n) is 16.2. The summed E-state index contributed by atoms with van der Waals surface area (Å²) in [6, 6.07) is 14.5. The molecule has 1 amide bonds. The van der Waals surface area contributed by atoms with Crippen LogP contribution in [0.3, 0.4) is 0 Å². The third-order valence-electron chi connectivity index (χ3n) is 5.12. The Morgan fingerprint density at radius 3 is 2.36 bits per heavy atom. The Labute approximate surface area is 151 Å². The Bertz CT molecular complexity index is 724. The SMILES string of the molecule is COc1cc(C(C)C(=O)N(C)C(C)Cc2ccccc2)cc(C)c1C. The first-order chi connectivity index (χ1) is 11.8. The molecule has 2 atom stereocenters. The molecule has 0 fully saturated rings. The standard InChI is InChI=1S/C22H29NO2/c1-15-12-20(14-21(25-6)17(15)3)18(4)22(24)23(5)16(2)13-19-10-8-7-9-11-19/h7-12,14,16,18H,13H2,1-6H3. The molecule has 0 saturated carbocycles. The highest BCUT2D eigenvalue weighted by molar-refractivity contribution is 5.83. The van der Waals surface area contributed by atoms with Gasteiger partial charge in [0.15, 0.2) is 0 Å². The van der Waals surface area contributed by atoms with Gasteiger partial charge in [-0.25, -0.2) is 0 Å². The molecule has 0 N–H and O–H groups in total. The van der Waals surface area contributed by atoms with Crippen molar-refractivity contribution >= 4 is 5.91 Å². The Morgan fingerprint density at radius 1 is 1.12 bits per heavy atom. The minimum absolute atomic E-state index is 0.133. The van der Waals surface area contributed by atoms with Gasteiger partial charge >= 0.3 is 0 Å². The summed E-state index contributed by atoms with van der Waals surface area (Å²) in [7, 11) is 3.57. The van der Waals surface area contributed by atoms with Crippen molar-refractivity contribution in [2.75, 3.05) is 14.2 Å². The second-order valence-corrected chi connectivity index (χ2v) is 6.87. The maximum absolute atomic E-state index is 13.0. The highest BCUT2D eigenvalue weighted by Gasteiger charge is 2.24. The van der Waals surface area contributed by atoms with E-state index in [1.165, 1.54) is 5.56 Å². The molecule has 3 nitrogen and oxygen atoms in total. The van der Waals surface area contributed by atoms with Crippen molar-refractivity contribution in [1.82, 2.24) is 4.90 Å². The van der Waals surface area contributed by atoms with E-state index in [9.17, 15) is 4.79 Å². The van der Waals surface area contributed by atoms with Crippen molar-refractivity contribution in [3.8, 4) is 5.75 Å². The van der Waals surface area contributed by atoms with E-state index in [0.717, 1.165) is 28.9 Å². The predicted molar refractivity (Wildman–Crippen MR) is 103 cm³/mol.